The lowest BCUT2D eigenvalue weighted by atomic mass is 10.1. The van der Waals surface area contributed by atoms with E-state index in [9.17, 15) is 9.18 Å². The molecular weight excluding hydrogens is 173 g/mol. The van der Waals surface area contributed by atoms with Crippen LogP contribution in [0.15, 0.2) is 24.3 Å². The van der Waals surface area contributed by atoms with Gasteiger partial charge in [-0.05, 0) is 13.1 Å². The quantitative estimate of drug-likeness (QED) is 0.739. The molecule has 0 aliphatic heterocycles. The van der Waals surface area contributed by atoms with Gasteiger partial charge in [-0.15, -0.1) is 0 Å². The molecule has 0 unspecified atom stereocenters. The SMILES string of the molecule is CN[C@@H](C(=O)O)c1ccccc1F. The Morgan fingerprint density at radius 2 is 2.15 bits per heavy atom. The highest BCUT2D eigenvalue weighted by Crippen LogP contribution is 2.16. The van der Waals surface area contributed by atoms with Crippen LogP contribution in [-0.4, -0.2) is 18.1 Å². The number of benzene rings is 1. The number of carboxylic acid groups (broad SMARTS) is 1. The summed E-state index contributed by atoms with van der Waals surface area (Å²) in [5.41, 5.74) is 0.150. The van der Waals surface area contributed by atoms with E-state index < -0.39 is 17.8 Å². The number of nitrogens with one attached hydrogen (secondary N) is 1. The van der Waals surface area contributed by atoms with E-state index in [-0.39, 0.29) is 5.56 Å². The lowest BCUT2D eigenvalue weighted by Gasteiger charge is -2.11. The molecule has 0 saturated heterocycles. The number of halogens is 1. The van der Waals surface area contributed by atoms with Gasteiger partial charge in [0, 0.05) is 5.56 Å². The molecule has 0 saturated carbocycles. The Balaban J connectivity index is 3.04. The van der Waals surface area contributed by atoms with Crippen LogP contribution in [0.3, 0.4) is 0 Å². The summed E-state index contributed by atoms with van der Waals surface area (Å²) in [4.78, 5) is 10.7. The van der Waals surface area contributed by atoms with Crippen molar-refractivity contribution in [3.8, 4) is 0 Å². The smallest absolute Gasteiger partial charge is 0.325 e. The number of hydrogen-bond acceptors (Lipinski definition) is 2. The summed E-state index contributed by atoms with van der Waals surface area (Å²) in [6, 6.07) is 4.83. The molecule has 0 aliphatic rings. The van der Waals surface area contributed by atoms with Gasteiger partial charge in [-0.2, -0.15) is 0 Å². The Morgan fingerprint density at radius 1 is 1.54 bits per heavy atom. The molecule has 0 radical (unpaired) electrons. The van der Waals surface area contributed by atoms with Crippen molar-refractivity contribution >= 4 is 5.97 Å². The Hall–Kier alpha value is -1.42. The number of aliphatic carboxylic acids is 1. The van der Waals surface area contributed by atoms with Crippen molar-refractivity contribution in [1.29, 1.82) is 0 Å². The Kier molecular flexibility index (Phi) is 2.97. The van der Waals surface area contributed by atoms with E-state index >= 15 is 0 Å². The van der Waals surface area contributed by atoms with Crippen LogP contribution in [0, 0.1) is 5.82 Å². The van der Waals surface area contributed by atoms with E-state index in [0.717, 1.165) is 0 Å². The lowest BCUT2D eigenvalue weighted by molar-refractivity contribution is -0.139. The van der Waals surface area contributed by atoms with Crippen LogP contribution >= 0.6 is 0 Å². The molecule has 0 bridgehead atoms. The zero-order chi connectivity index (χ0) is 9.84. The summed E-state index contributed by atoms with van der Waals surface area (Å²) in [5, 5.41) is 11.2. The third kappa shape index (κ3) is 2.03. The highest BCUT2D eigenvalue weighted by atomic mass is 19.1. The molecule has 1 aromatic carbocycles. The summed E-state index contributed by atoms with van der Waals surface area (Å²) in [7, 11) is 1.48. The Morgan fingerprint density at radius 3 is 2.62 bits per heavy atom. The fourth-order valence-electron chi connectivity index (χ4n) is 1.12. The van der Waals surface area contributed by atoms with Crippen LogP contribution in [0.5, 0.6) is 0 Å². The molecule has 0 fully saturated rings. The van der Waals surface area contributed by atoms with E-state index in [1.165, 1.54) is 25.2 Å². The fourth-order valence-corrected chi connectivity index (χ4v) is 1.12. The maximum Gasteiger partial charge on any atom is 0.325 e. The van der Waals surface area contributed by atoms with E-state index in [1.54, 1.807) is 6.07 Å². The minimum absolute atomic E-state index is 0.150. The third-order valence-corrected chi connectivity index (χ3v) is 1.75. The molecule has 0 aliphatic carbocycles. The number of rotatable bonds is 3. The minimum Gasteiger partial charge on any atom is -0.480 e. The fraction of sp³-hybridized carbons (Fsp3) is 0.222. The average molecular weight is 183 g/mol. The van der Waals surface area contributed by atoms with Crippen molar-refractivity contribution in [3.63, 3.8) is 0 Å². The first-order chi connectivity index (χ1) is 6.16. The summed E-state index contributed by atoms with van der Waals surface area (Å²) in [6.07, 6.45) is 0. The van der Waals surface area contributed by atoms with Crippen molar-refractivity contribution in [2.24, 2.45) is 0 Å². The molecule has 1 atom stereocenters. The first-order valence-corrected chi connectivity index (χ1v) is 3.81. The van der Waals surface area contributed by atoms with E-state index in [4.69, 9.17) is 5.11 Å². The zero-order valence-corrected chi connectivity index (χ0v) is 7.12. The van der Waals surface area contributed by atoms with E-state index in [2.05, 4.69) is 5.32 Å². The molecular formula is C9H10FNO2. The predicted molar refractivity (Wildman–Crippen MR) is 45.8 cm³/mol. The van der Waals surface area contributed by atoms with E-state index in [1.807, 2.05) is 0 Å². The highest BCUT2D eigenvalue weighted by molar-refractivity contribution is 5.75. The molecule has 0 spiro atoms. The van der Waals surface area contributed by atoms with Crippen molar-refractivity contribution in [2.45, 2.75) is 6.04 Å². The van der Waals surface area contributed by atoms with Gasteiger partial charge in [0.2, 0.25) is 0 Å². The first-order valence-electron chi connectivity index (χ1n) is 3.81. The molecule has 70 valence electrons. The molecule has 0 aromatic heterocycles. The maximum atomic E-state index is 13.1. The molecule has 1 aromatic rings. The molecule has 0 heterocycles. The topological polar surface area (TPSA) is 49.3 Å². The Bertz CT molecular complexity index is 314. The van der Waals surface area contributed by atoms with Gasteiger partial charge in [-0.3, -0.25) is 4.79 Å². The van der Waals surface area contributed by atoms with Crippen molar-refractivity contribution < 1.29 is 14.3 Å². The monoisotopic (exact) mass is 183 g/mol. The predicted octanol–water partition coefficient (Wildman–Crippen LogP) is 1.17. The van der Waals surface area contributed by atoms with Crippen LogP contribution in [0.2, 0.25) is 0 Å². The van der Waals surface area contributed by atoms with Gasteiger partial charge in [-0.1, -0.05) is 18.2 Å². The van der Waals surface area contributed by atoms with Crippen LogP contribution in [0.25, 0.3) is 0 Å². The number of likely N-dealkylation sites (N-methyl/N-ethyl adjacent to an activating group) is 1. The van der Waals surface area contributed by atoms with Crippen molar-refractivity contribution in [2.75, 3.05) is 7.05 Å². The lowest BCUT2D eigenvalue weighted by Crippen LogP contribution is -2.25. The second-order valence-electron chi connectivity index (χ2n) is 2.58. The van der Waals surface area contributed by atoms with Gasteiger partial charge in [0.25, 0.3) is 0 Å². The second kappa shape index (κ2) is 4.00. The van der Waals surface area contributed by atoms with Crippen LogP contribution in [0.1, 0.15) is 11.6 Å². The summed E-state index contributed by atoms with van der Waals surface area (Å²) >= 11 is 0. The number of carbonyl (C=O) groups is 1. The van der Waals surface area contributed by atoms with Crippen molar-refractivity contribution in [3.05, 3.63) is 35.6 Å². The van der Waals surface area contributed by atoms with Gasteiger partial charge in [0.05, 0.1) is 0 Å². The minimum atomic E-state index is -1.09. The number of hydrogen-bond donors (Lipinski definition) is 2. The largest absolute Gasteiger partial charge is 0.480 e. The van der Waals surface area contributed by atoms with Crippen LogP contribution in [0.4, 0.5) is 4.39 Å². The standard InChI is InChI=1S/C9H10FNO2/c1-11-8(9(12)13)6-4-2-3-5-7(6)10/h2-5,8,11H,1H3,(H,12,13)/t8-/m1/s1. The molecule has 3 nitrogen and oxygen atoms in total. The molecule has 2 N–H and O–H groups in total. The summed E-state index contributed by atoms with van der Waals surface area (Å²) in [6.45, 7) is 0. The molecule has 1 rings (SSSR count). The second-order valence-corrected chi connectivity index (χ2v) is 2.58. The van der Waals surface area contributed by atoms with Gasteiger partial charge in [0.1, 0.15) is 11.9 Å². The highest BCUT2D eigenvalue weighted by Gasteiger charge is 2.19. The van der Waals surface area contributed by atoms with Crippen LogP contribution in [-0.2, 0) is 4.79 Å². The zero-order valence-electron chi connectivity index (χ0n) is 7.12. The van der Waals surface area contributed by atoms with Gasteiger partial charge in [0.15, 0.2) is 0 Å². The van der Waals surface area contributed by atoms with Gasteiger partial charge < -0.3 is 10.4 Å². The molecule has 13 heavy (non-hydrogen) atoms. The summed E-state index contributed by atoms with van der Waals surface area (Å²) < 4.78 is 13.1. The van der Waals surface area contributed by atoms with Gasteiger partial charge in [-0.25, -0.2) is 4.39 Å². The maximum absolute atomic E-state index is 13.1. The molecule has 0 amide bonds. The first kappa shape index (κ1) is 9.67. The Labute approximate surface area is 75.2 Å². The normalized spacial score (nSPS) is 12.5. The average Bonchev–Trinajstić information content (AvgIpc) is 2.09. The van der Waals surface area contributed by atoms with E-state index in [0.29, 0.717) is 0 Å². The number of carboxylic acids is 1. The molecule has 4 heteroatoms. The third-order valence-electron chi connectivity index (χ3n) is 1.75. The summed E-state index contributed by atoms with van der Waals surface area (Å²) in [5.74, 6) is -1.60. The van der Waals surface area contributed by atoms with Crippen LogP contribution < -0.4 is 5.32 Å². The van der Waals surface area contributed by atoms with Crippen molar-refractivity contribution in [1.82, 2.24) is 5.32 Å². The van der Waals surface area contributed by atoms with Gasteiger partial charge >= 0.3 is 5.97 Å².